The molecule has 6 heteroatoms. The Hall–Kier alpha value is -4.78. The van der Waals surface area contributed by atoms with E-state index in [0.29, 0.717) is 0 Å². The molecule has 0 unspecified atom stereocenters. The normalized spacial score (nSPS) is 12.0. The Bertz CT molecular complexity index is 2310. The number of para-hydroxylation sites is 4. The van der Waals surface area contributed by atoms with Crippen molar-refractivity contribution in [3.05, 3.63) is 121 Å². The van der Waals surface area contributed by atoms with Gasteiger partial charge in [0, 0.05) is 31.8 Å². The summed E-state index contributed by atoms with van der Waals surface area (Å²) < 4.78 is 7.24. The van der Waals surface area contributed by atoms with Gasteiger partial charge in [-0.2, -0.15) is 0 Å². The van der Waals surface area contributed by atoms with Crippen molar-refractivity contribution in [1.29, 1.82) is 0 Å². The number of hydrogen-bond acceptors (Lipinski definition) is 4. The first-order chi connectivity index (χ1) is 19.8. The molecule has 5 aromatic heterocycles. The Kier molecular flexibility index (Phi) is 4.61. The summed E-state index contributed by atoms with van der Waals surface area (Å²) in [5, 5.41) is 4.92. The molecule has 188 valence electrons. The van der Waals surface area contributed by atoms with Crippen molar-refractivity contribution in [2.75, 3.05) is 0 Å². The lowest BCUT2D eigenvalue weighted by molar-refractivity contribution is 1.12. The van der Waals surface area contributed by atoms with Crippen molar-refractivity contribution in [2.45, 2.75) is 0 Å². The summed E-state index contributed by atoms with van der Waals surface area (Å²) in [4.78, 5) is 10.9. The van der Waals surface area contributed by atoms with Crippen LogP contribution in [0.2, 0.25) is 0 Å². The molecule has 0 N–H and O–H groups in total. The molecular formula is C34H20N4S2. The predicted octanol–water partition coefficient (Wildman–Crippen LogP) is 9.61. The highest BCUT2D eigenvalue weighted by molar-refractivity contribution is 7.30. The van der Waals surface area contributed by atoms with Gasteiger partial charge in [0.25, 0.3) is 0 Å². The number of fused-ring (bicyclic) bond motifs is 6. The average Bonchev–Trinajstić information content (AvgIpc) is 3.75. The van der Waals surface area contributed by atoms with Crippen molar-refractivity contribution >= 4 is 75.8 Å². The van der Waals surface area contributed by atoms with E-state index in [1.807, 2.05) is 23.6 Å². The number of nitrogens with zero attached hydrogens (tertiary/aromatic N) is 4. The average molecular weight is 549 g/mol. The largest absolute Gasteiger partial charge is 0.301 e. The van der Waals surface area contributed by atoms with E-state index in [0.717, 1.165) is 38.3 Å². The zero-order valence-corrected chi connectivity index (χ0v) is 22.8. The Morgan fingerprint density at radius 2 is 1.20 bits per heavy atom. The van der Waals surface area contributed by atoms with Gasteiger partial charge < -0.3 is 4.57 Å². The summed E-state index contributed by atoms with van der Waals surface area (Å²) >= 11 is 3.64. The fourth-order valence-electron chi connectivity index (χ4n) is 5.92. The first-order valence-electron chi connectivity index (χ1n) is 13.2. The Labute approximate surface area is 237 Å². The Morgan fingerprint density at radius 3 is 2.00 bits per heavy atom. The highest BCUT2D eigenvalue weighted by atomic mass is 32.1. The van der Waals surface area contributed by atoms with Crippen LogP contribution in [0.25, 0.3) is 74.5 Å². The van der Waals surface area contributed by atoms with E-state index in [1.165, 1.54) is 36.2 Å². The number of imidazole rings is 1. The molecule has 9 rings (SSSR count). The van der Waals surface area contributed by atoms with Crippen molar-refractivity contribution < 1.29 is 0 Å². The SMILES string of the molecule is c1cc(-n2c(-c3cc4sc(-n5c6ccccc6c6ccccc65)cc4s3)nc3ccccc32)c2cccnc2c1. The summed E-state index contributed by atoms with van der Waals surface area (Å²) in [6.07, 6.45) is 1.85. The topological polar surface area (TPSA) is 35.6 Å². The predicted molar refractivity (Wildman–Crippen MR) is 169 cm³/mol. The molecule has 0 spiro atoms. The summed E-state index contributed by atoms with van der Waals surface area (Å²) in [6, 6.07) is 40.8. The number of aromatic nitrogens is 4. The Morgan fingerprint density at radius 1 is 0.525 bits per heavy atom. The standard InChI is InChI=1S/C34H20N4S2/c1-4-14-26-21(9-1)22-10-2-5-15-27(22)37(26)33-20-31-30(40-33)19-32(39-31)34-36-25-12-3-6-16-29(25)38(34)28-17-7-13-24-23(28)11-8-18-35-24/h1-20H. The van der Waals surface area contributed by atoms with E-state index in [-0.39, 0.29) is 0 Å². The van der Waals surface area contributed by atoms with Gasteiger partial charge in [0.1, 0.15) is 5.00 Å². The zero-order valence-electron chi connectivity index (χ0n) is 21.2. The van der Waals surface area contributed by atoms with Crippen LogP contribution in [0, 0.1) is 0 Å². The number of benzene rings is 4. The van der Waals surface area contributed by atoms with E-state index in [9.17, 15) is 0 Å². The number of pyridine rings is 1. The molecule has 0 aliphatic carbocycles. The molecule has 5 heterocycles. The van der Waals surface area contributed by atoms with Crippen LogP contribution in [0.5, 0.6) is 0 Å². The molecule has 4 aromatic carbocycles. The number of thiophene rings is 2. The second kappa shape index (κ2) is 8.36. The van der Waals surface area contributed by atoms with Crippen LogP contribution in [-0.4, -0.2) is 19.1 Å². The highest BCUT2D eigenvalue weighted by Gasteiger charge is 2.20. The minimum absolute atomic E-state index is 0.962. The van der Waals surface area contributed by atoms with Crippen LogP contribution < -0.4 is 0 Å². The maximum absolute atomic E-state index is 5.15. The summed E-state index contributed by atoms with van der Waals surface area (Å²) in [7, 11) is 0. The van der Waals surface area contributed by atoms with Crippen molar-refractivity contribution in [3.63, 3.8) is 0 Å². The van der Waals surface area contributed by atoms with Crippen LogP contribution in [-0.2, 0) is 0 Å². The van der Waals surface area contributed by atoms with Gasteiger partial charge in [0.05, 0.1) is 38.1 Å². The third kappa shape index (κ3) is 3.11. The molecule has 0 aliphatic heterocycles. The third-order valence-corrected chi connectivity index (χ3v) is 9.91. The Balaban J connectivity index is 1.25. The third-order valence-electron chi connectivity index (χ3n) is 7.64. The minimum Gasteiger partial charge on any atom is -0.301 e. The van der Waals surface area contributed by atoms with Gasteiger partial charge in [-0.05, 0) is 60.7 Å². The van der Waals surface area contributed by atoms with Gasteiger partial charge in [0.2, 0.25) is 0 Å². The van der Waals surface area contributed by atoms with Gasteiger partial charge in [-0.1, -0.05) is 54.6 Å². The van der Waals surface area contributed by atoms with E-state index in [2.05, 4.69) is 123 Å². The zero-order chi connectivity index (χ0) is 26.2. The van der Waals surface area contributed by atoms with Crippen molar-refractivity contribution in [3.8, 4) is 21.4 Å². The lowest BCUT2D eigenvalue weighted by atomic mass is 10.1. The highest BCUT2D eigenvalue weighted by Crippen LogP contribution is 2.43. The van der Waals surface area contributed by atoms with Gasteiger partial charge in [-0.15, -0.1) is 22.7 Å². The maximum atomic E-state index is 5.15. The molecule has 9 aromatic rings. The van der Waals surface area contributed by atoms with Gasteiger partial charge >= 0.3 is 0 Å². The minimum atomic E-state index is 0.962. The van der Waals surface area contributed by atoms with Gasteiger partial charge in [-0.25, -0.2) is 4.98 Å². The summed E-state index contributed by atoms with van der Waals surface area (Å²) in [6.45, 7) is 0. The molecule has 0 saturated heterocycles. The molecule has 0 fully saturated rings. The fourth-order valence-corrected chi connectivity index (χ4v) is 8.32. The van der Waals surface area contributed by atoms with Crippen LogP contribution in [0.1, 0.15) is 0 Å². The van der Waals surface area contributed by atoms with Crippen LogP contribution in [0.3, 0.4) is 0 Å². The first kappa shape index (κ1) is 22.1. The molecule has 0 bridgehead atoms. The van der Waals surface area contributed by atoms with E-state index in [4.69, 9.17) is 4.98 Å². The van der Waals surface area contributed by atoms with E-state index in [1.54, 1.807) is 11.3 Å². The lowest BCUT2D eigenvalue weighted by Gasteiger charge is -2.11. The summed E-state index contributed by atoms with van der Waals surface area (Å²) in [5.74, 6) is 0.962. The van der Waals surface area contributed by atoms with Crippen LogP contribution >= 0.6 is 22.7 Å². The number of hydrogen-bond donors (Lipinski definition) is 0. The van der Waals surface area contributed by atoms with Crippen molar-refractivity contribution in [2.24, 2.45) is 0 Å². The molecule has 0 amide bonds. The van der Waals surface area contributed by atoms with E-state index >= 15 is 0 Å². The fraction of sp³-hybridized carbons (Fsp3) is 0. The quantitative estimate of drug-likeness (QED) is 0.220. The molecule has 4 nitrogen and oxygen atoms in total. The molecular weight excluding hydrogens is 529 g/mol. The maximum Gasteiger partial charge on any atom is 0.155 e. The second-order valence-electron chi connectivity index (χ2n) is 9.90. The molecule has 0 saturated carbocycles. The molecule has 40 heavy (non-hydrogen) atoms. The number of rotatable bonds is 3. The molecule has 0 atom stereocenters. The monoisotopic (exact) mass is 548 g/mol. The van der Waals surface area contributed by atoms with E-state index < -0.39 is 0 Å². The molecule has 0 aliphatic rings. The lowest BCUT2D eigenvalue weighted by Crippen LogP contribution is -1.98. The van der Waals surface area contributed by atoms with Gasteiger partial charge in [0.15, 0.2) is 5.82 Å². The van der Waals surface area contributed by atoms with Crippen LogP contribution in [0.4, 0.5) is 0 Å². The smallest absolute Gasteiger partial charge is 0.155 e. The van der Waals surface area contributed by atoms with Crippen molar-refractivity contribution in [1.82, 2.24) is 19.1 Å². The summed E-state index contributed by atoms with van der Waals surface area (Å²) in [5.41, 5.74) is 6.63. The molecule has 0 radical (unpaired) electrons. The van der Waals surface area contributed by atoms with Gasteiger partial charge in [-0.3, -0.25) is 9.55 Å². The van der Waals surface area contributed by atoms with Crippen LogP contribution in [0.15, 0.2) is 121 Å². The first-order valence-corrected chi connectivity index (χ1v) is 14.8. The second-order valence-corrected chi connectivity index (χ2v) is 12.0.